The molecule has 20 N–H and O–H groups in total. The first-order chi connectivity index (χ1) is 7.93. The summed E-state index contributed by atoms with van der Waals surface area (Å²) in [7, 11) is 0. The van der Waals surface area contributed by atoms with E-state index in [-0.39, 0.29) is 154 Å². The Morgan fingerprint density at radius 2 is 0.300 bits per heavy atom. The van der Waals surface area contributed by atoms with Crippen LogP contribution in [0.3, 0.4) is 0 Å². The van der Waals surface area contributed by atoms with Crippen LogP contribution in [-0.4, -0.2) is 90.6 Å². The van der Waals surface area contributed by atoms with Gasteiger partial charge in [0.05, 0.1) is 35.8 Å². The Balaban J connectivity index is -0.00000000721. The minimum atomic E-state index is -2.19. The van der Waals surface area contributed by atoms with Gasteiger partial charge in [-0.1, -0.05) is 0 Å². The molecule has 0 fully saturated rings. The SMILES string of the molecule is O.O.O.O.O.O.O.O.O.O.O=C([O-])C(=O)[O-].O=C([O-])C(=O)[O-].O=C([O-])C(=O)[O-].[Eu+3].[Eu+3]. The minimum Gasteiger partial charge on any atom is -0.543 e. The summed E-state index contributed by atoms with van der Waals surface area (Å²) in [6.45, 7) is 0. The molecule has 0 amide bonds. The van der Waals surface area contributed by atoms with Gasteiger partial charge in [-0.15, -0.1) is 0 Å². The summed E-state index contributed by atoms with van der Waals surface area (Å²) < 4.78 is 0. The van der Waals surface area contributed by atoms with E-state index in [2.05, 4.69) is 0 Å². The second-order valence-electron chi connectivity index (χ2n) is 1.72. The number of carboxylic acids is 6. The van der Waals surface area contributed by atoms with E-state index in [1.807, 2.05) is 0 Å². The smallest absolute Gasteiger partial charge is 0.543 e. The molecule has 0 atom stereocenters. The van der Waals surface area contributed by atoms with Gasteiger partial charge in [0, 0.05) is 0 Å². The standard InChI is InChI=1S/3C2H2O4.2Eu.10H2O/c3*3-1(4)2(5)6;;;;;;;;;;;;/h3*(H,3,4)(H,5,6);;;10*1H2/q;;;2*+3;;;;;;;;;;/p-6. The van der Waals surface area contributed by atoms with Gasteiger partial charge in [0.15, 0.2) is 0 Å². The number of hydrogen-bond donors (Lipinski definition) is 0. The summed E-state index contributed by atoms with van der Waals surface area (Å²) in [4.78, 5) is 53.6. The summed E-state index contributed by atoms with van der Waals surface area (Å²) in [6.07, 6.45) is 0. The fourth-order valence-corrected chi connectivity index (χ4v) is 0. The van der Waals surface area contributed by atoms with E-state index in [0.29, 0.717) is 0 Å². The van der Waals surface area contributed by atoms with E-state index < -0.39 is 35.8 Å². The van der Waals surface area contributed by atoms with Gasteiger partial charge < -0.3 is 114 Å². The Morgan fingerprint density at radius 1 is 0.267 bits per heavy atom. The van der Waals surface area contributed by atoms with E-state index in [1.165, 1.54) is 0 Å². The normalized spacial score (nSPS) is 4.40. The third-order valence-corrected chi connectivity index (χ3v) is 0.500. The molecule has 24 heteroatoms. The molecule has 0 aliphatic rings. The van der Waals surface area contributed by atoms with Crippen LogP contribution in [0.15, 0.2) is 0 Å². The molecule has 0 rings (SSSR count). The van der Waals surface area contributed by atoms with Crippen LogP contribution < -0.4 is 30.6 Å². The first-order valence-electron chi connectivity index (χ1n) is 3.20. The maximum Gasteiger partial charge on any atom is 3.00 e. The van der Waals surface area contributed by atoms with Crippen LogP contribution in [0.2, 0.25) is 0 Å². The van der Waals surface area contributed by atoms with Crippen LogP contribution >= 0.6 is 0 Å². The summed E-state index contributed by atoms with van der Waals surface area (Å²) in [5.41, 5.74) is 0. The van der Waals surface area contributed by atoms with Crippen molar-refractivity contribution in [3.05, 3.63) is 0 Å². The average molecular weight is 748 g/mol. The van der Waals surface area contributed by atoms with Crippen LogP contribution in [0.5, 0.6) is 0 Å². The molecule has 0 saturated heterocycles. The van der Waals surface area contributed by atoms with Crippen molar-refractivity contribution in [2.75, 3.05) is 0 Å². The number of hydrogen-bond acceptors (Lipinski definition) is 12. The summed E-state index contributed by atoms with van der Waals surface area (Å²) in [6, 6.07) is 0. The molecule has 0 aromatic carbocycles. The predicted molar refractivity (Wildman–Crippen MR) is 66.2 cm³/mol. The zero-order valence-corrected chi connectivity index (χ0v) is 18.5. The fraction of sp³-hybridized carbons (Fsp3) is 0. The van der Waals surface area contributed by atoms with Crippen LogP contribution in [0.4, 0.5) is 0 Å². The molecule has 0 aliphatic heterocycles. The molecule has 0 bridgehead atoms. The molecule has 0 heterocycles. The zero-order chi connectivity index (χ0) is 15.5. The van der Waals surface area contributed by atoms with Crippen molar-refractivity contribution in [3.8, 4) is 0 Å². The van der Waals surface area contributed by atoms with Crippen molar-refractivity contribution >= 4 is 35.8 Å². The Kier molecular flexibility index (Phi) is 266. The molecule has 0 saturated carbocycles. The zero-order valence-electron chi connectivity index (χ0n) is 13.7. The third kappa shape index (κ3) is 145. The number of carbonyl (C=O) groups excluding carboxylic acids is 6. The first-order valence-corrected chi connectivity index (χ1v) is 3.20. The number of rotatable bonds is 0. The quantitative estimate of drug-likeness (QED) is 0.208. The molecule has 0 spiro atoms. The largest absolute Gasteiger partial charge is 3.00 e. The van der Waals surface area contributed by atoms with E-state index in [9.17, 15) is 0 Å². The maximum atomic E-state index is 8.93. The molecule has 30 heavy (non-hydrogen) atoms. The summed E-state index contributed by atoms with van der Waals surface area (Å²) >= 11 is 0. The van der Waals surface area contributed by atoms with Gasteiger partial charge >= 0.3 is 98.8 Å². The van der Waals surface area contributed by atoms with Gasteiger partial charge in [0.1, 0.15) is 0 Å². The van der Waals surface area contributed by atoms with Gasteiger partial charge in [0.2, 0.25) is 0 Å². The van der Waals surface area contributed by atoms with E-state index >= 15 is 0 Å². The Labute approximate surface area is 245 Å². The molecule has 0 radical (unpaired) electrons. The van der Waals surface area contributed by atoms with Crippen molar-refractivity contribution in [1.82, 2.24) is 0 Å². The van der Waals surface area contributed by atoms with Crippen molar-refractivity contribution in [2.24, 2.45) is 0 Å². The van der Waals surface area contributed by atoms with Gasteiger partial charge in [0.25, 0.3) is 0 Å². The summed E-state index contributed by atoms with van der Waals surface area (Å²) in [5.74, 6) is -13.1. The van der Waals surface area contributed by atoms with Gasteiger partial charge in [-0.2, -0.15) is 0 Å². The van der Waals surface area contributed by atoms with Crippen LogP contribution in [-0.2, 0) is 28.8 Å². The monoisotopic (exact) mass is 750 g/mol. The van der Waals surface area contributed by atoms with Crippen LogP contribution in [0.1, 0.15) is 0 Å². The van der Waals surface area contributed by atoms with Gasteiger partial charge in [-0.05, 0) is 0 Å². The van der Waals surface area contributed by atoms with Crippen LogP contribution in [0, 0.1) is 98.8 Å². The Hall–Kier alpha value is -0.411. The van der Waals surface area contributed by atoms with Gasteiger partial charge in [-0.25, -0.2) is 0 Å². The molecule has 0 unspecified atom stereocenters. The van der Waals surface area contributed by atoms with E-state index in [0.717, 1.165) is 0 Å². The van der Waals surface area contributed by atoms with Crippen molar-refractivity contribution in [2.45, 2.75) is 0 Å². The predicted octanol–water partition coefficient (Wildman–Crippen LogP) is -18.8. The second kappa shape index (κ2) is 70.3. The van der Waals surface area contributed by atoms with Crippen molar-refractivity contribution < 1.29 is 213 Å². The van der Waals surface area contributed by atoms with Crippen LogP contribution in [0.25, 0.3) is 0 Å². The Bertz CT molecular complexity index is 287. The van der Waals surface area contributed by atoms with Crippen molar-refractivity contribution in [1.29, 1.82) is 0 Å². The number of carboxylic acid groups (broad SMARTS) is 6. The molecule has 0 aromatic heterocycles. The third-order valence-electron chi connectivity index (χ3n) is 0.500. The maximum absolute atomic E-state index is 8.93. The van der Waals surface area contributed by atoms with Crippen molar-refractivity contribution in [3.63, 3.8) is 0 Å². The summed E-state index contributed by atoms with van der Waals surface area (Å²) in [5, 5.41) is 53.6. The minimum absolute atomic E-state index is 0. The average Bonchev–Trinajstić information content (AvgIpc) is 2.18. The van der Waals surface area contributed by atoms with E-state index in [4.69, 9.17) is 59.4 Å². The first kappa shape index (κ1) is 114. The molecule has 190 valence electrons. The fourth-order valence-electron chi connectivity index (χ4n) is 0. The number of carbonyl (C=O) groups is 6. The Morgan fingerprint density at radius 3 is 0.300 bits per heavy atom. The number of aliphatic carboxylic acids is 6. The molecular weight excluding hydrogens is 728 g/mol. The second-order valence-corrected chi connectivity index (χ2v) is 1.72. The topological polar surface area (TPSA) is 556 Å². The van der Waals surface area contributed by atoms with E-state index in [1.54, 1.807) is 0 Å². The molecule has 0 aliphatic carbocycles. The van der Waals surface area contributed by atoms with Gasteiger partial charge in [-0.3, -0.25) is 0 Å². The molecule has 0 aromatic rings. The molecule has 22 nitrogen and oxygen atoms in total. The molecular formula is C6H20Eu2O22.